The van der Waals surface area contributed by atoms with Crippen molar-refractivity contribution < 1.29 is 6.85 Å². The monoisotopic (exact) mass is 170 g/mol. The Morgan fingerprint density at radius 1 is 1.33 bits per heavy atom. The highest BCUT2D eigenvalue weighted by Gasteiger charge is 2.10. The molecule has 0 aromatic heterocycles. The summed E-state index contributed by atoms with van der Waals surface area (Å²) in [5.41, 5.74) is 5.48. The molecule has 0 amide bonds. The van der Waals surface area contributed by atoms with E-state index >= 15 is 0 Å². The fraction of sp³-hybridized carbons (Fsp3) is 0.455. The van der Waals surface area contributed by atoms with Crippen LogP contribution >= 0.6 is 0 Å². The van der Waals surface area contributed by atoms with Crippen LogP contribution < -0.4 is 5.73 Å². The van der Waals surface area contributed by atoms with Crippen molar-refractivity contribution in [2.24, 2.45) is 5.73 Å². The summed E-state index contributed by atoms with van der Waals surface area (Å²) in [6.45, 7) is 3.52. The summed E-state index contributed by atoms with van der Waals surface area (Å²) in [6.07, 6.45) is 0.253. The molecule has 0 fully saturated rings. The van der Waals surface area contributed by atoms with Gasteiger partial charge in [-0.1, -0.05) is 37.6 Å². The van der Waals surface area contributed by atoms with Crippen LogP contribution in [-0.2, 0) is 6.42 Å². The molecule has 0 spiro atoms. The van der Waals surface area contributed by atoms with Crippen molar-refractivity contribution in [3.63, 3.8) is 0 Å². The molecule has 0 aliphatic rings. The first-order valence-corrected chi connectivity index (χ1v) is 3.50. The van der Waals surface area contributed by atoms with E-state index in [0.717, 1.165) is 0 Å². The Kier molecular flexibility index (Phi) is 1.79. The van der Waals surface area contributed by atoms with Gasteiger partial charge in [0.1, 0.15) is 0 Å². The van der Waals surface area contributed by atoms with E-state index in [1.165, 1.54) is 0 Å². The minimum absolute atomic E-state index is 0. The molecule has 1 nitrogen and oxygen atoms in total. The Balaban J connectivity index is 0.00000256. The summed E-state index contributed by atoms with van der Waals surface area (Å²) in [4.78, 5) is 0. The van der Waals surface area contributed by atoms with E-state index in [9.17, 15) is 0 Å². The van der Waals surface area contributed by atoms with Crippen molar-refractivity contribution in [2.75, 3.05) is 0 Å². The third kappa shape index (κ3) is 4.14. The second-order valence-corrected chi connectivity index (χ2v) is 3.27. The largest absolute Gasteiger partial charge is 0.325 e. The zero-order chi connectivity index (χ0) is 12.7. The van der Waals surface area contributed by atoms with E-state index in [4.69, 9.17) is 12.6 Å². The Hall–Kier alpha value is -0.820. The second kappa shape index (κ2) is 4.27. The van der Waals surface area contributed by atoms with Crippen molar-refractivity contribution in [1.29, 1.82) is 0 Å². The minimum Gasteiger partial charge on any atom is -0.325 e. The van der Waals surface area contributed by atoms with Gasteiger partial charge in [-0.3, -0.25) is 0 Å². The van der Waals surface area contributed by atoms with Crippen LogP contribution in [0.3, 0.4) is 0 Å². The van der Waals surface area contributed by atoms with E-state index in [0.29, 0.717) is 0 Å². The van der Waals surface area contributed by atoms with Crippen molar-refractivity contribution in [3.05, 3.63) is 35.8 Å². The first-order chi connectivity index (χ1) is 7.15. The van der Waals surface area contributed by atoms with E-state index in [1.807, 2.05) is 0 Å². The number of hydrogen-bond acceptors (Lipinski definition) is 1. The molecular weight excluding hydrogens is 146 g/mol. The molecule has 0 aliphatic carbocycles. The van der Waals surface area contributed by atoms with Crippen molar-refractivity contribution >= 4 is 0 Å². The van der Waals surface area contributed by atoms with E-state index in [2.05, 4.69) is 0 Å². The third-order valence-corrected chi connectivity index (χ3v) is 1.18. The van der Waals surface area contributed by atoms with E-state index in [-0.39, 0.29) is 49.6 Å². The SMILES string of the molecule is C.[2H]c1c([2H])c([2H])c(CC(C)(C)N)c([2H])c1[2H]. The molecule has 2 N–H and O–H groups in total. The molecule has 0 radical (unpaired) electrons. The lowest BCUT2D eigenvalue weighted by Gasteiger charge is -2.17. The van der Waals surface area contributed by atoms with Gasteiger partial charge >= 0.3 is 0 Å². The van der Waals surface area contributed by atoms with Gasteiger partial charge in [-0.15, -0.1) is 0 Å². The van der Waals surface area contributed by atoms with Gasteiger partial charge in [-0.25, -0.2) is 0 Å². The van der Waals surface area contributed by atoms with Gasteiger partial charge in [-0.2, -0.15) is 0 Å². The molecular formula is C11H19N. The van der Waals surface area contributed by atoms with Crippen molar-refractivity contribution in [2.45, 2.75) is 33.2 Å². The van der Waals surface area contributed by atoms with Gasteiger partial charge < -0.3 is 5.73 Å². The molecule has 1 aromatic carbocycles. The molecule has 1 rings (SSSR count). The fourth-order valence-electron chi connectivity index (χ4n) is 0.820. The number of nitrogens with two attached hydrogens (primary N) is 1. The Labute approximate surface area is 82.6 Å². The van der Waals surface area contributed by atoms with Crippen LogP contribution in [0, 0.1) is 0 Å². The molecule has 0 saturated carbocycles. The molecule has 0 bridgehead atoms. The standard InChI is InChI=1S/C10H15N.CH4/c1-10(2,11)8-9-6-4-3-5-7-9;/h3-7H,8,11H2,1-2H3;1H4/i3D,4D,5D,6D,7D;. The summed E-state index contributed by atoms with van der Waals surface area (Å²) in [5, 5.41) is 0. The lowest BCUT2D eigenvalue weighted by atomic mass is 9.96. The summed E-state index contributed by atoms with van der Waals surface area (Å²) >= 11 is 0. The van der Waals surface area contributed by atoms with Crippen molar-refractivity contribution in [1.82, 2.24) is 0 Å². The molecule has 0 heterocycles. The number of benzene rings is 1. The van der Waals surface area contributed by atoms with Crippen LogP contribution in [0.5, 0.6) is 0 Å². The maximum Gasteiger partial charge on any atom is 0.0626 e. The Morgan fingerprint density at radius 3 is 2.25 bits per heavy atom. The predicted molar refractivity (Wildman–Crippen MR) is 55.1 cm³/mol. The zero-order valence-corrected chi connectivity index (χ0v) is 6.78. The van der Waals surface area contributed by atoms with Gasteiger partial charge in [0.05, 0.1) is 6.85 Å². The summed E-state index contributed by atoms with van der Waals surface area (Å²) in [5.74, 6) is 0. The molecule has 0 unspecified atom stereocenters. The Morgan fingerprint density at radius 2 is 1.83 bits per heavy atom. The smallest absolute Gasteiger partial charge is 0.0626 e. The van der Waals surface area contributed by atoms with Crippen molar-refractivity contribution in [3.8, 4) is 0 Å². The van der Waals surface area contributed by atoms with Gasteiger partial charge in [0.2, 0.25) is 0 Å². The Bertz CT molecular complexity index is 394. The van der Waals surface area contributed by atoms with Crippen LogP contribution in [0.2, 0.25) is 0 Å². The first-order valence-electron chi connectivity index (χ1n) is 6.00. The summed E-state index contributed by atoms with van der Waals surface area (Å²) in [7, 11) is 0. The normalized spacial score (nSPS) is 16.4. The molecule has 1 aromatic rings. The van der Waals surface area contributed by atoms with Gasteiger partial charge in [0.25, 0.3) is 0 Å². The van der Waals surface area contributed by atoms with Crippen LogP contribution in [-0.4, -0.2) is 5.54 Å². The predicted octanol–water partition coefficient (Wildman–Crippen LogP) is 2.60. The maximum absolute atomic E-state index is 7.69. The average Bonchev–Trinajstić information content (AvgIpc) is 2.17. The van der Waals surface area contributed by atoms with Crippen LogP contribution in [0.15, 0.2) is 30.2 Å². The van der Waals surface area contributed by atoms with Gasteiger partial charge in [-0.05, 0) is 25.8 Å². The summed E-state index contributed by atoms with van der Waals surface area (Å²) in [6, 6.07) is -1.30. The number of hydrogen-bond donors (Lipinski definition) is 1. The molecule has 68 valence electrons. The highest BCUT2D eigenvalue weighted by molar-refractivity contribution is 5.16. The van der Waals surface area contributed by atoms with E-state index < -0.39 is 5.54 Å². The lowest BCUT2D eigenvalue weighted by molar-refractivity contribution is 0.517. The van der Waals surface area contributed by atoms with Crippen LogP contribution in [0.4, 0.5) is 0 Å². The highest BCUT2D eigenvalue weighted by atomic mass is 14.7. The second-order valence-electron chi connectivity index (χ2n) is 3.27. The van der Waals surface area contributed by atoms with Crippen LogP contribution in [0.1, 0.15) is 33.7 Å². The van der Waals surface area contributed by atoms with E-state index in [1.54, 1.807) is 13.8 Å². The molecule has 0 atom stereocenters. The maximum atomic E-state index is 7.69. The molecule has 1 heteroatoms. The highest BCUT2D eigenvalue weighted by Crippen LogP contribution is 2.08. The molecule has 12 heavy (non-hydrogen) atoms. The summed E-state index contributed by atoms with van der Waals surface area (Å²) < 4.78 is 37.8. The quantitative estimate of drug-likeness (QED) is 0.725. The fourth-order valence-corrected chi connectivity index (χ4v) is 0.820. The lowest BCUT2D eigenvalue weighted by Crippen LogP contribution is -2.34. The first kappa shape index (κ1) is 5.03. The van der Waals surface area contributed by atoms with Gasteiger partial charge in [0.15, 0.2) is 0 Å². The topological polar surface area (TPSA) is 26.0 Å². The average molecular weight is 170 g/mol. The molecule has 0 saturated heterocycles. The zero-order valence-electron chi connectivity index (χ0n) is 11.8. The third-order valence-electron chi connectivity index (χ3n) is 1.18. The van der Waals surface area contributed by atoms with Gasteiger partial charge in [0, 0.05) is 5.54 Å². The van der Waals surface area contributed by atoms with Crippen LogP contribution in [0.25, 0.3) is 0 Å². The number of rotatable bonds is 2. The minimum atomic E-state index is -0.603. The molecule has 0 aliphatic heterocycles.